The number of hydrogen-bond donors (Lipinski definition) is 0. The summed E-state index contributed by atoms with van der Waals surface area (Å²) in [5.74, 6) is -0.333. The number of carbonyl (C=O) groups is 2. The number of fused-ring (bicyclic) bond motifs is 1. The van der Waals surface area contributed by atoms with E-state index < -0.39 is 17.4 Å². The number of amides is 2. The van der Waals surface area contributed by atoms with Gasteiger partial charge < -0.3 is 19.3 Å². The number of nitrogens with zero attached hydrogens (tertiary/aromatic N) is 4. The molecule has 5 rings (SSSR count). The highest BCUT2D eigenvalue weighted by atomic mass is 16.5. The van der Waals surface area contributed by atoms with Crippen molar-refractivity contribution in [2.45, 2.75) is 24.8 Å². The minimum atomic E-state index is -0.712. The third-order valence-electron chi connectivity index (χ3n) is 6.53. The number of carbonyl (C=O) groups excluding carboxylic acids is 2. The van der Waals surface area contributed by atoms with Crippen LogP contribution < -0.4 is 4.74 Å². The third kappa shape index (κ3) is 3.22. The van der Waals surface area contributed by atoms with Crippen molar-refractivity contribution in [3.8, 4) is 5.75 Å². The number of aryl methyl sites for hydroxylation is 1. The molecule has 0 saturated carbocycles. The predicted molar refractivity (Wildman–Crippen MR) is 112 cm³/mol. The van der Waals surface area contributed by atoms with Crippen LogP contribution in [0, 0.1) is 11.8 Å². The monoisotopic (exact) mass is 422 g/mol. The molecule has 162 valence electrons. The molecule has 2 saturated heterocycles. The topological polar surface area (TPSA) is 76.9 Å². The third-order valence-corrected chi connectivity index (χ3v) is 6.53. The Morgan fingerprint density at radius 3 is 2.97 bits per heavy atom. The summed E-state index contributed by atoms with van der Waals surface area (Å²) in [6, 6.07) is 7.69. The lowest BCUT2D eigenvalue weighted by Crippen LogP contribution is -2.44. The maximum absolute atomic E-state index is 13.4. The Labute approximate surface area is 181 Å². The van der Waals surface area contributed by atoms with Gasteiger partial charge >= 0.3 is 0 Å². The highest BCUT2D eigenvalue weighted by Gasteiger charge is 2.67. The zero-order chi connectivity index (χ0) is 21.8. The van der Waals surface area contributed by atoms with Gasteiger partial charge in [0.2, 0.25) is 11.8 Å². The zero-order valence-corrected chi connectivity index (χ0v) is 17.9. The normalized spacial score (nSPS) is 28.3. The highest BCUT2D eigenvalue weighted by molar-refractivity contribution is 5.93. The Hall–Kier alpha value is -3.13. The first kappa shape index (κ1) is 19.8. The zero-order valence-electron chi connectivity index (χ0n) is 17.9. The SMILES string of the molecule is COc1cccc(CN2C[C@]34C=C[C@H](O3)[C@@H](C(=O)N(C)Cc3cnn(C)c3)[C@@H]4C2=O)c1. The molecule has 0 aliphatic carbocycles. The number of ether oxygens (including phenoxy) is 2. The van der Waals surface area contributed by atoms with Gasteiger partial charge in [-0.25, -0.2) is 0 Å². The largest absolute Gasteiger partial charge is 0.497 e. The van der Waals surface area contributed by atoms with Gasteiger partial charge in [-0.1, -0.05) is 24.3 Å². The number of hydrogen-bond acceptors (Lipinski definition) is 5. The first-order valence-corrected chi connectivity index (χ1v) is 10.4. The summed E-state index contributed by atoms with van der Waals surface area (Å²) in [6.45, 7) is 1.36. The molecule has 4 heterocycles. The summed E-state index contributed by atoms with van der Waals surface area (Å²) >= 11 is 0. The van der Waals surface area contributed by atoms with Crippen molar-refractivity contribution in [1.82, 2.24) is 19.6 Å². The van der Waals surface area contributed by atoms with E-state index in [0.717, 1.165) is 16.9 Å². The predicted octanol–water partition coefficient (Wildman–Crippen LogP) is 1.37. The molecule has 8 nitrogen and oxygen atoms in total. The average molecular weight is 422 g/mol. The fraction of sp³-hybridized carbons (Fsp3) is 0.435. The van der Waals surface area contributed by atoms with Crippen LogP contribution in [0.25, 0.3) is 0 Å². The second kappa shape index (κ2) is 7.23. The molecule has 1 aromatic heterocycles. The first-order valence-electron chi connectivity index (χ1n) is 10.4. The van der Waals surface area contributed by atoms with E-state index in [1.165, 1.54) is 0 Å². The summed E-state index contributed by atoms with van der Waals surface area (Å²) < 4.78 is 13.3. The van der Waals surface area contributed by atoms with Crippen LogP contribution in [0.2, 0.25) is 0 Å². The molecule has 2 amide bonds. The van der Waals surface area contributed by atoms with Crippen LogP contribution >= 0.6 is 0 Å². The van der Waals surface area contributed by atoms with Crippen LogP contribution in [0.3, 0.4) is 0 Å². The van der Waals surface area contributed by atoms with Gasteiger partial charge in [-0.15, -0.1) is 0 Å². The maximum atomic E-state index is 13.4. The number of methoxy groups -OCH3 is 1. The summed E-state index contributed by atoms with van der Waals surface area (Å²) in [7, 11) is 5.24. The van der Waals surface area contributed by atoms with E-state index in [9.17, 15) is 9.59 Å². The number of likely N-dealkylation sites (tertiary alicyclic amines) is 1. The lowest BCUT2D eigenvalue weighted by molar-refractivity contribution is -0.142. The van der Waals surface area contributed by atoms with Crippen LogP contribution in [0.1, 0.15) is 11.1 Å². The van der Waals surface area contributed by atoms with Crippen molar-refractivity contribution in [3.63, 3.8) is 0 Å². The Bertz CT molecular complexity index is 1060. The van der Waals surface area contributed by atoms with E-state index in [-0.39, 0.29) is 17.9 Å². The van der Waals surface area contributed by atoms with Crippen molar-refractivity contribution < 1.29 is 19.1 Å². The van der Waals surface area contributed by atoms with Gasteiger partial charge in [0.25, 0.3) is 0 Å². The lowest BCUT2D eigenvalue weighted by Gasteiger charge is -2.27. The van der Waals surface area contributed by atoms with Gasteiger partial charge in [-0.2, -0.15) is 5.10 Å². The van der Waals surface area contributed by atoms with Crippen molar-refractivity contribution in [3.05, 3.63) is 59.9 Å². The summed E-state index contributed by atoms with van der Waals surface area (Å²) in [4.78, 5) is 30.3. The van der Waals surface area contributed by atoms with E-state index in [2.05, 4.69) is 5.10 Å². The van der Waals surface area contributed by atoms with Crippen LogP contribution in [0.5, 0.6) is 5.75 Å². The van der Waals surface area contributed by atoms with Gasteiger partial charge in [0, 0.05) is 38.9 Å². The van der Waals surface area contributed by atoms with Gasteiger partial charge in [0.05, 0.1) is 37.8 Å². The molecule has 3 aliphatic heterocycles. The Kier molecular flexibility index (Phi) is 4.62. The highest BCUT2D eigenvalue weighted by Crippen LogP contribution is 2.52. The molecule has 1 spiro atoms. The van der Waals surface area contributed by atoms with E-state index in [4.69, 9.17) is 9.47 Å². The molecule has 4 atom stereocenters. The maximum Gasteiger partial charge on any atom is 0.230 e. The van der Waals surface area contributed by atoms with Crippen molar-refractivity contribution >= 4 is 11.8 Å². The molecule has 2 fully saturated rings. The lowest BCUT2D eigenvalue weighted by atomic mass is 9.76. The fourth-order valence-electron chi connectivity index (χ4n) is 5.15. The van der Waals surface area contributed by atoms with Gasteiger partial charge in [0.1, 0.15) is 11.4 Å². The molecule has 1 aromatic carbocycles. The second-order valence-electron chi connectivity index (χ2n) is 8.66. The smallest absolute Gasteiger partial charge is 0.230 e. The first-order chi connectivity index (χ1) is 14.9. The minimum absolute atomic E-state index is 0.0252. The molecule has 8 heteroatoms. The minimum Gasteiger partial charge on any atom is -0.497 e. The molecule has 31 heavy (non-hydrogen) atoms. The molecule has 0 unspecified atom stereocenters. The fourth-order valence-corrected chi connectivity index (χ4v) is 5.15. The van der Waals surface area contributed by atoms with E-state index >= 15 is 0 Å². The van der Waals surface area contributed by atoms with Crippen molar-refractivity contribution in [2.75, 3.05) is 20.7 Å². The summed E-state index contributed by atoms with van der Waals surface area (Å²) in [6.07, 6.45) is 7.21. The Balaban J connectivity index is 1.35. The van der Waals surface area contributed by atoms with E-state index in [1.807, 2.05) is 49.7 Å². The molecule has 0 radical (unpaired) electrons. The van der Waals surface area contributed by atoms with Crippen LogP contribution in [-0.2, 0) is 34.5 Å². The average Bonchev–Trinajstić information content (AvgIpc) is 3.50. The van der Waals surface area contributed by atoms with E-state index in [1.54, 1.807) is 34.8 Å². The second-order valence-corrected chi connectivity index (χ2v) is 8.66. The van der Waals surface area contributed by atoms with Gasteiger partial charge in [-0.3, -0.25) is 14.3 Å². The summed E-state index contributed by atoms with van der Waals surface area (Å²) in [5, 5.41) is 4.16. The van der Waals surface area contributed by atoms with Crippen molar-refractivity contribution in [1.29, 1.82) is 0 Å². The molecule has 3 aliphatic rings. The van der Waals surface area contributed by atoms with Crippen molar-refractivity contribution in [2.24, 2.45) is 18.9 Å². The van der Waals surface area contributed by atoms with Gasteiger partial charge in [0.15, 0.2) is 0 Å². The molecule has 0 N–H and O–H groups in total. The van der Waals surface area contributed by atoms with Crippen LogP contribution in [0.4, 0.5) is 0 Å². The van der Waals surface area contributed by atoms with Crippen LogP contribution in [0.15, 0.2) is 48.8 Å². The quantitative estimate of drug-likeness (QED) is 0.658. The Morgan fingerprint density at radius 1 is 1.39 bits per heavy atom. The number of benzene rings is 1. The van der Waals surface area contributed by atoms with Crippen LogP contribution in [-0.4, -0.2) is 63.8 Å². The van der Waals surface area contributed by atoms with E-state index in [0.29, 0.717) is 19.6 Å². The molecular formula is C23H26N4O4. The molecule has 2 bridgehead atoms. The van der Waals surface area contributed by atoms with Gasteiger partial charge in [-0.05, 0) is 17.7 Å². The molecule has 2 aromatic rings. The number of rotatable bonds is 6. The molecular weight excluding hydrogens is 396 g/mol. The summed E-state index contributed by atoms with van der Waals surface area (Å²) in [5.41, 5.74) is 1.22. The Morgan fingerprint density at radius 2 is 2.23 bits per heavy atom. The standard InChI is InChI=1S/C23H26N4O4/c1-25(11-16-10-24-26(2)12-16)21(28)19-18-7-8-23(31-18)14-27(22(29)20(19)23)13-15-5-4-6-17(9-15)30-3/h4-10,12,18-20H,11,13-14H2,1-3H3/t18-,19+,20+,23-/m0/s1. The number of aromatic nitrogens is 2.